The van der Waals surface area contributed by atoms with Crippen molar-refractivity contribution in [1.82, 2.24) is 24.6 Å². The summed E-state index contributed by atoms with van der Waals surface area (Å²) < 4.78 is 1.63. The Balaban J connectivity index is 1.90. The third kappa shape index (κ3) is 3.16. The van der Waals surface area contributed by atoms with Crippen molar-refractivity contribution in [2.24, 2.45) is 7.05 Å². The first-order chi connectivity index (χ1) is 14.4. The Morgan fingerprint density at radius 2 is 1.80 bits per heavy atom. The van der Waals surface area contributed by atoms with Crippen LogP contribution in [-0.2, 0) is 23.2 Å². The van der Waals surface area contributed by atoms with Gasteiger partial charge in [-0.2, -0.15) is 5.10 Å². The van der Waals surface area contributed by atoms with Crippen molar-refractivity contribution in [3.8, 4) is 0 Å². The predicted molar refractivity (Wildman–Crippen MR) is 109 cm³/mol. The van der Waals surface area contributed by atoms with Crippen LogP contribution >= 0.6 is 0 Å². The third-order valence-electron chi connectivity index (χ3n) is 5.36. The van der Waals surface area contributed by atoms with Gasteiger partial charge in [0.15, 0.2) is 0 Å². The van der Waals surface area contributed by atoms with E-state index >= 15 is 0 Å². The lowest BCUT2D eigenvalue weighted by Crippen LogP contribution is -2.29. The first-order valence-electron chi connectivity index (χ1n) is 9.48. The van der Waals surface area contributed by atoms with Crippen LogP contribution in [0, 0.1) is 13.8 Å². The Kier molecular flexibility index (Phi) is 4.91. The molecule has 30 heavy (non-hydrogen) atoms. The van der Waals surface area contributed by atoms with Gasteiger partial charge in [0.1, 0.15) is 5.76 Å². The van der Waals surface area contributed by atoms with E-state index in [0.717, 1.165) is 5.56 Å². The lowest BCUT2D eigenvalue weighted by Gasteiger charge is -2.25. The summed E-state index contributed by atoms with van der Waals surface area (Å²) in [7, 11) is 1.76. The van der Waals surface area contributed by atoms with Crippen LogP contribution in [0.1, 0.15) is 34.1 Å². The van der Waals surface area contributed by atoms with Crippen molar-refractivity contribution in [2.45, 2.75) is 26.4 Å². The molecular weight excluding hydrogens is 382 g/mol. The van der Waals surface area contributed by atoms with E-state index in [1.54, 1.807) is 68.6 Å². The van der Waals surface area contributed by atoms with Crippen molar-refractivity contribution in [3.63, 3.8) is 0 Å². The second-order valence-corrected chi connectivity index (χ2v) is 7.24. The molecule has 152 valence electrons. The fraction of sp³-hybridized carbons (Fsp3) is 0.227. The molecule has 0 aliphatic carbocycles. The highest BCUT2D eigenvalue weighted by molar-refractivity contribution is 6.46. The van der Waals surface area contributed by atoms with Gasteiger partial charge in [0.05, 0.1) is 22.9 Å². The highest BCUT2D eigenvalue weighted by Gasteiger charge is 2.46. The Morgan fingerprint density at radius 1 is 1.10 bits per heavy atom. The van der Waals surface area contributed by atoms with Gasteiger partial charge in [0.25, 0.3) is 11.7 Å². The molecule has 1 aliphatic rings. The molecule has 0 bridgehead atoms. The van der Waals surface area contributed by atoms with Crippen LogP contribution < -0.4 is 0 Å². The average Bonchev–Trinajstić information content (AvgIpc) is 3.15. The molecule has 4 heterocycles. The van der Waals surface area contributed by atoms with Gasteiger partial charge < -0.3 is 10.0 Å². The van der Waals surface area contributed by atoms with Crippen molar-refractivity contribution < 1.29 is 14.7 Å². The summed E-state index contributed by atoms with van der Waals surface area (Å²) in [5.41, 5.74) is 3.20. The fourth-order valence-electron chi connectivity index (χ4n) is 3.87. The largest absolute Gasteiger partial charge is 0.507 e. The first kappa shape index (κ1) is 19.5. The monoisotopic (exact) mass is 403 g/mol. The van der Waals surface area contributed by atoms with Gasteiger partial charge in [0, 0.05) is 44.1 Å². The highest BCUT2D eigenvalue weighted by Crippen LogP contribution is 2.40. The minimum atomic E-state index is -0.766. The third-order valence-corrected chi connectivity index (χ3v) is 5.36. The number of aryl methyl sites for hydroxylation is 2. The molecule has 3 aromatic rings. The molecule has 1 aliphatic heterocycles. The maximum atomic E-state index is 13.1. The second-order valence-electron chi connectivity index (χ2n) is 7.24. The van der Waals surface area contributed by atoms with Crippen molar-refractivity contribution >= 4 is 17.4 Å². The van der Waals surface area contributed by atoms with E-state index < -0.39 is 17.7 Å². The summed E-state index contributed by atoms with van der Waals surface area (Å²) in [4.78, 5) is 35.7. The lowest BCUT2D eigenvalue weighted by molar-refractivity contribution is -0.140. The van der Waals surface area contributed by atoms with Crippen LogP contribution in [0.3, 0.4) is 0 Å². The van der Waals surface area contributed by atoms with Crippen LogP contribution in [0.25, 0.3) is 5.76 Å². The Bertz CT molecular complexity index is 1150. The molecule has 0 unspecified atom stereocenters. The molecule has 8 heteroatoms. The van der Waals surface area contributed by atoms with E-state index in [9.17, 15) is 14.7 Å². The quantitative estimate of drug-likeness (QED) is 0.408. The summed E-state index contributed by atoms with van der Waals surface area (Å²) in [6.07, 6.45) is 6.51. The van der Waals surface area contributed by atoms with Gasteiger partial charge in [-0.05, 0) is 37.1 Å². The van der Waals surface area contributed by atoms with Gasteiger partial charge >= 0.3 is 0 Å². The van der Waals surface area contributed by atoms with Crippen molar-refractivity contribution in [2.75, 3.05) is 0 Å². The Morgan fingerprint density at radius 3 is 2.37 bits per heavy atom. The van der Waals surface area contributed by atoms with Gasteiger partial charge in [-0.3, -0.25) is 24.2 Å². The summed E-state index contributed by atoms with van der Waals surface area (Å²) >= 11 is 0. The number of pyridine rings is 2. The van der Waals surface area contributed by atoms with Gasteiger partial charge in [-0.25, -0.2) is 0 Å². The molecule has 0 aromatic carbocycles. The Labute approximate surface area is 173 Å². The zero-order chi connectivity index (χ0) is 21.4. The van der Waals surface area contributed by atoms with E-state index in [-0.39, 0.29) is 17.9 Å². The number of aliphatic hydroxyl groups is 1. The number of carbonyl (C=O) groups excluding carboxylic acids is 2. The van der Waals surface area contributed by atoms with E-state index in [1.165, 1.54) is 4.90 Å². The van der Waals surface area contributed by atoms with Crippen LogP contribution in [0.5, 0.6) is 0 Å². The van der Waals surface area contributed by atoms with E-state index in [4.69, 9.17) is 0 Å². The molecule has 1 amide bonds. The number of likely N-dealkylation sites (tertiary alicyclic amines) is 1. The highest BCUT2D eigenvalue weighted by atomic mass is 16.3. The summed E-state index contributed by atoms with van der Waals surface area (Å²) in [6.45, 7) is 3.74. The van der Waals surface area contributed by atoms with E-state index in [0.29, 0.717) is 22.5 Å². The SMILES string of the molecule is Cc1nn(C)c(C)c1/C(O)=C1\C(=O)C(=O)N(Cc2cccnc2)[C@H]1c1cccnc1. The topological polar surface area (TPSA) is 101 Å². The Hall–Kier alpha value is -3.81. The average molecular weight is 403 g/mol. The second kappa shape index (κ2) is 7.55. The molecule has 1 atom stereocenters. The molecule has 0 saturated carbocycles. The standard InChI is InChI=1S/C22H21N5O3/c1-13-17(14(2)26(3)25-13)20(28)18-19(16-7-5-9-24-11-16)27(22(30)21(18)29)12-15-6-4-8-23-10-15/h4-11,19,28H,12H2,1-3H3/b20-18+/t19-/m0/s1. The normalized spacial score (nSPS) is 18.2. The molecule has 8 nitrogen and oxygen atoms in total. The molecule has 0 spiro atoms. The number of aliphatic hydroxyl groups excluding tert-OH is 1. The van der Waals surface area contributed by atoms with Gasteiger partial charge in [0.2, 0.25) is 0 Å². The minimum Gasteiger partial charge on any atom is -0.507 e. The minimum absolute atomic E-state index is 0.0380. The number of ketones is 1. The number of rotatable bonds is 4. The smallest absolute Gasteiger partial charge is 0.295 e. The first-order valence-corrected chi connectivity index (χ1v) is 9.48. The number of carbonyl (C=O) groups is 2. The number of Topliss-reactive ketones (excluding diaryl/α,β-unsaturated/α-hetero) is 1. The zero-order valence-corrected chi connectivity index (χ0v) is 16.9. The van der Waals surface area contributed by atoms with Crippen LogP contribution in [0.4, 0.5) is 0 Å². The van der Waals surface area contributed by atoms with Crippen molar-refractivity contribution in [1.29, 1.82) is 0 Å². The molecule has 4 rings (SSSR count). The van der Waals surface area contributed by atoms with Crippen molar-refractivity contribution in [3.05, 3.63) is 82.7 Å². The molecule has 0 radical (unpaired) electrons. The lowest BCUT2D eigenvalue weighted by atomic mass is 9.95. The van der Waals surface area contributed by atoms with Crippen LogP contribution in [0.2, 0.25) is 0 Å². The van der Waals surface area contributed by atoms with Crippen LogP contribution in [0.15, 0.2) is 54.6 Å². The number of amides is 1. The number of nitrogens with zero attached hydrogens (tertiary/aromatic N) is 5. The number of hydrogen-bond acceptors (Lipinski definition) is 6. The fourth-order valence-corrected chi connectivity index (χ4v) is 3.87. The van der Waals surface area contributed by atoms with Gasteiger partial charge in [-0.1, -0.05) is 12.1 Å². The van der Waals surface area contributed by atoms with Gasteiger partial charge in [-0.15, -0.1) is 0 Å². The summed E-state index contributed by atoms with van der Waals surface area (Å²) in [5.74, 6) is -1.62. The maximum Gasteiger partial charge on any atom is 0.295 e. The van der Waals surface area contributed by atoms with E-state index in [2.05, 4.69) is 15.1 Å². The van der Waals surface area contributed by atoms with E-state index in [1.807, 2.05) is 6.07 Å². The molecule has 1 saturated heterocycles. The van der Waals surface area contributed by atoms with Crippen LogP contribution in [-0.4, -0.2) is 41.4 Å². The number of aromatic nitrogens is 4. The number of hydrogen-bond donors (Lipinski definition) is 1. The molecule has 1 N–H and O–H groups in total. The summed E-state index contributed by atoms with van der Waals surface area (Å²) in [5, 5.41) is 15.5. The maximum absolute atomic E-state index is 13.1. The predicted octanol–water partition coefficient (Wildman–Crippen LogP) is 2.45. The zero-order valence-electron chi connectivity index (χ0n) is 16.9. The molecule has 1 fully saturated rings. The molecule has 3 aromatic heterocycles. The molecular formula is C22H21N5O3. The summed E-state index contributed by atoms with van der Waals surface area (Å²) in [6, 6.07) is 6.36.